The van der Waals surface area contributed by atoms with Gasteiger partial charge in [-0.25, -0.2) is 9.97 Å². The van der Waals surface area contributed by atoms with Crippen LogP contribution in [0.5, 0.6) is 0 Å². The van der Waals surface area contributed by atoms with Gasteiger partial charge in [-0.1, -0.05) is 0 Å². The van der Waals surface area contributed by atoms with Gasteiger partial charge in [-0.05, 0) is 31.9 Å². The Labute approximate surface area is 107 Å². The molecule has 0 aliphatic carbocycles. The van der Waals surface area contributed by atoms with Gasteiger partial charge < -0.3 is 15.6 Å². The van der Waals surface area contributed by atoms with Crippen LogP contribution >= 0.6 is 0 Å². The zero-order valence-corrected chi connectivity index (χ0v) is 11.3. The number of pyridine rings is 1. The summed E-state index contributed by atoms with van der Waals surface area (Å²) in [6.07, 6.45) is 3.00. The third kappa shape index (κ3) is 2.98. The number of imidazole rings is 1. The van der Waals surface area contributed by atoms with Gasteiger partial charge in [0.05, 0.1) is 5.52 Å². The minimum absolute atomic E-state index is 0.257. The highest BCUT2D eigenvalue weighted by Crippen LogP contribution is 2.15. The van der Waals surface area contributed by atoms with E-state index in [2.05, 4.69) is 15.0 Å². The van der Waals surface area contributed by atoms with E-state index < -0.39 is 0 Å². The van der Waals surface area contributed by atoms with E-state index in [-0.39, 0.29) is 6.04 Å². The molecule has 2 heterocycles. The zero-order valence-electron chi connectivity index (χ0n) is 11.3. The molecule has 1 unspecified atom stereocenters. The summed E-state index contributed by atoms with van der Waals surface area (Å²) in [7, 11) is 3.95. The Morgan fingerprint density at radius 1 is 1.33 bits per heavy atom. The van der Waals surface area contributed by atoms with Gasteiger partial charge in [-0.15, -0.1) is 0 Å². The normalized spacial score (nSPS) is 12.9. The number of fused-ring (bicyclic) bond motifs is 1. The lowest BCUT2D eigenvalue weighted by Gasteiger charge is -2.09. The Kier molecular flexibility index (Phi) is 3.81. The molecular formula is C13H21N5. The summed E-state index contributed by atoms with van der Waals surface area (Å²) in [5.41, 5.74) is 7.52. The van der Waals surface area contributed by atoms with Crippen LogP contribution in [0.15, 0.2) is 12.1 Å². The second-order valence-electron chi connectivity index (χ2n) is 4.99. The van der Waals surface area contributed by atoms with Crippen LogP contribution in [0.25, 0.3) is 11.2 Å². The van der Waals surface area contributed by atoms with E-state index in [0.717, 1.165) is 42.1 Å². The highest BCUT2D eigenvalue weighted by Gasteiger charge is 2.06. The van der Waals surface area contributed by atoms with Crippen molar-refractivity contribution in [2.24, 2.45) is 5.73 Å². The number of hydrogen-bond acceptors (Lipinski definition) is 4. The van der Waals surface area contributed by atoms with Gasteiger partial charge in [0.2, 0.25) is 0 Å². The predicted molar refractivity (Wildman–Crippen MR) is 74.8 cm³/mol. The number of H-pyrrole nitrogens is 1. The first-order valence-electron chi connectivity index (χ1n) is 6.35. The molecule has 0 spiro atoms. The standard InChI is InChI=1S/C13H21N5/c1-9(14)5-4-6-11-15-10-7-8-12(18(2)3)17-13(10)16-11/h7-9H,4-6,14H2,1-3H3,(H,15,16,17). The van der Waals surface area contributed by atoms with Gasteiger partial charge in [-0.3, -0.25) is 0 Å². The largest absolute Gasteiger partial charge is 0.363 e. The van der Waals surface area contributed by atoms with Crippen molar-refractivity contribution in [2.45, 2.75) is 32.2 Å². The molecule has 18 heavy (non-hydrogen) atoms. The van der Waals surface area contributed by atoms with Crippen LogP contribution in [-0.4, -0.2) is 35.1 Å². The van der Waals surface area contributed by atoms with E-state index in [1.165, 1.54) is 0 Å². The second-order valence-corrected chi connectivity index (χ2v) is 4.99. The van der Waals surface area contributed by atoms with E-state index in [9.17, 15) is 0 Å². The summed E-state index contributed by atoms with van der Waals surface area (Å²) in [6.45, 7) is 2.03. The van der Waals surface area contributed by atoms with E-state index in [1.54, 1.807) is 0 Å². The summed E-state index contributed by atoms with van der Waals surface area (Å²) < 4.78 is 0. The van der Waals surface area contributed by atoms with Crippen molar-refractivity contribution in [3.63, 3.8) is 0 Å². The number of aromatic amines is 1. The summed E-state index contributed by atoms with van der Waals surface area (Å²) in [4.78, 5) is 14.3. The number of aryl methyl sites for hydroxylation is 1. The van der Waals surface area contributed by atoms with Crippen molar-refractivity contribution < 1.29 is 0 Å². The fraction of sp³-hybridized carbons (Fsp3) is 0.538. The molecule has 2 aromatic rings. The molecular weight excluding hydrogens is 226 g/mol. The number of nitrogens with one attached hydrogen (secondary N) is 1. The molecule has 0 aromatic carbocycles. The Hall–Kier alpha value is -1.62. The van der Waals surface area contributed by atoms with Crippen molar-refractivity contribution in [2.75, 3.05) is 19.0 Å². The average Bonchev–Trinajstić information content (AvgIpc) is 2.69. The van der Waals surface area contributed by atoms with Crippen LogP contribution in [0, 0.1) is 0 Å². The van der Waals surface area contributed by atoms with E-state index >= 15 is 0 Å². The van der Waals surface area contributed by atoms with Gasteiger partial charge in [0.1, 0.15) is 11.6 Å². The number of hydrogen-bond donors (Lipinski definition) is 2. The van der Waals surface area contributed by atoms with E-state index in [1.807, 2.05) is 38.1 Å². The first-order valence-corrected chi connectivity index (χ1v) is 6.35. The SMILES string of the molecule is CC(N)CCCc1nc2nc(N(C)C)ccc2[nH]1. The summed E-state index contributed by atoms with van der Waals surface area (Å²) in [5.74, 6) is 1.92. The van der Waals surface area contributed by atoms with Gasteiger partial charge in [-0.2, -0.15) is 0 Å². The first-order chi connectivity index (χ1) is 8.56. The first kappa shape index (κ1) is 12.8. The molecule has 0 amide bonds. The Balaban J connectivity index is 2.12. The molecule has 5 heteroatoms. The van der Waals surface area contributed by atoms with Crippen LogP contribution in [-0.2, 0) is 6.42 Å². The lowest BCUT2D eigenvalue weighted by Crippen LogP contribution is -2.14. The monoisotopic (exact) mass is 247 g/mol. The third-order valence-corrected chi connectivity index (χ3v) is 2.91. The van der Waals surface area contributed by atoms with Crippen LogP contribution in [0.1, 0.15) is 25.6 Å². The number of rotatable bonds is 5. The van der Waals surface area contributed by atoms with Crippen LogP contribution in [0.4, 0.5) is 5.82 Å². The van der Waals surface area contributed by atoms with Crippen molar-refractivity contribution in [3.8, 4) is 0 Å². The average molecular weight is 247 g/mol. The van der Waals surface area contributed by atoms with Crippen LogP contribution in [0.2, 0.25) is 0 Å². The number of anilines is 1. The lowest BCUT2D eigenvalue weighted by molar-refractivity contribution is 0.616. The van der Waals surface area contributed by atoms with Crippen LogP contribution < -0.4 is 10.6 Å². The molecule has 0 bridgehead atoms. The van der Waals surface area contributed by atoms with Gasteiger partial charge >= 0.3 is 0 Å². The molecule has 1 atom stereocenters. The number of nitrogens with two attached hydrogens (primary N) is 1. The van der Waals surface area contributed by atoms with Gasteiger partial charge in [0, 0.05) is 26.6 Å². The molecule has 3 N–H and O–H groups in total. The maximum atomic E-state index is 5.74. The molecule has 2 aromatic heterocycles. The molecule has 0 aliphatic heterocycles. The molecule has 0 saturated carbocycles. The third-order valence-electron chi connectivity index (χ3n) is 2.91. The fourth-order valence-electron chi connectivity index (χ4n) is 1.89. The van der Waals surface area contributed by atoms with Crippen LogP contribution in [0.3, 0.4) is 0 Å². The number of aromatic nitrogens is 3. The summed E-state index contributed by atoms with van der Waals surface area (Å²) in [5, 5.41) is 0. The smallest absolute Gasteiger partial charge is 0.179 e. The fourth-order valence-corrected chi connectivity index (χ4v) is 1.89. The zero-order chi connectivity index (χ0) is 13.1. The van der Waals surface area contributed by atoms with Gasteiger partial charge in [0.25, 0.3) is 0 Å². The summed E-state index contributed by atoms with van der Waals surface area (Å²) in [6, 6.07) is 4.28. The molecule has 0 saturated heterocycles. The maximum absolute atomic E-state index is 5.74. The van der Waals surface area contributed by atoms with E-state index in [4.69, 9.17) is 5.73 Å². The van der Waals surface area contributed by atoms with Gasteiger partial charge in [0.15, 0.2) is 5.65 Å². The maximum Gasteiger partial charge on any atom is 0.179 e. The summed E-state index contributed by atoms with van der Waals surface area (Å²) >= 11 is 0. The minimum atomic E-state index is 0.257. The molecule has 2 rings (SSSR count). The highest BCUT2D eigenvalue weighted by molar-refractivity contribution is 5.73. The lowest BCUT2D eigenvalue weighted by atomic mass is 10.1. The van der Waals surface area contributed by atoms with E-state index in [0.29, 0.717) is 0 Å². The molecule has 0 fully saturated rings. The molecule has 0 radical (unpaired) electrons. The Morgan fingerprint density at radius 3 is 2.78 bits per heavy atom. The topological polar surface area (TPSA) is 70.8 Å². The minimum Gasteiger partial charge on any atom is -0.363 e. The Bertz CT molecular complexity index is 515. The molecule has 0 aliphatic rings. The van der Waals surface area contributed by atoms with Crippen molar-refractivity contribution in [1.82, 2.24) is 15.0 Å². The van der Waals surface area contributed by atoms with Crippen molar-refractivity contribution in [1.29, 1.82) is 0 Å². The van der Waals surface area contributed by atoms with Crippen molar-refractivity contribution in [3.05, 3.63) is 18.0 Å². The van der Waals surface area contributed by atoms with Crippen molar-refractivity contribution >= 4 is 17.0 Å². The molecule has 98 valence electrons. The second kappa shape index (κ2) is 5.35. The predicted octanol–water partition coefficient (Wildman–Crippen LogP) is 1.69. The quantitative estimate of drug-likeness (QED) is 0.843. The highest BCUT2D eigenvalue weighted by atomic mass is 15.1. The Morgan fingerprint density at radius 2 is 2.11 bits per heavy atom. The number of nitrogens with zero attached hydrogens (tertiary/aromatic N) is 3. The molecule has 5 nitrogen and oxygen atoms in total.